The molecule has 0 bridgehead atoms. The molecule has 3 aromatic heterocycles. The smallest absolute Gasteiger partial charge is 0.252 e. The molecule has 35 heavy (non-hydrogen) atoms. The molecule has 0 radical (unpaired) electrons. The molecule has 3 atom stereocenters. The first-order chi connectivity index (χ1) is 16.8. The molecule has 0 N–H and O–H groups in total. The molecule has 0 spiro atoms. The molecule has 0 aliphatic carbocycles. The van der Waals surface area contributed by atoms with Gasteiger partial charge in [-0.25, -0.2) is 4.98 Å². The molecule has 1 aliphatic heterocycles. The highest BCUT2D eigenvalue weighted by Gasteiger charge is 2.34. The number of aromatic nitrogens is 5. The van der Waals surface area contributed by atoms with Crippen LogP contribution in [0.5, 0.6) is 0 Å². The van der Waals surface area contributed by atoms with Crippen LogP contribution in [0.3, 0.4) is 0 Å². The van der Waals surface area contributed by atoms with Crippen LogP contribution in [0.15, 0.2) is 41.5 Å². The maximum atomic E-state index is 12.7. The zero-order valence-corrected chi connectivity index (χ0v) is 20.9. The summed E-state index contributed by atoms with van der Waals surface area (Å²) in [6.45, 7) is 8.29. The average molecular weight is 491 g/mol. The predicted molar refractivity (Wildman–Crippen MR) is 137 cm³/mol. The minimum absolute atomic E-state index is 0.0874. The molecule has 5 rings (SSSR count). The number of hydrogen-bond acceptors (Lipinski definition) is 7. The molecule has 1 saturated heterocycles. The van der Waals surface area contributed by atoms with Gasteiger partial charge in [0.05, 0.1) is 40.7 Å². The Labute approximate surface area is 208 Å². The van der Waals surface area contributed by atoms with E-state index in [9.17, 15) is 4.79 Å². The van der Waals surface area contributed by atoms with Crippen molar-refractivity contribution >= 4 is 39.4 Å². The molecule has 1 unspecified atom stereocenters. The third kappa shape index (κ3) is 4.13. The summed E-state index contributed by atoms with van der Waals surface area (Å²) in [5, 5.41) is 14.1. The number of anilines is 1. The van der Waals surface area contributed by atoms with Gasteiger partial charge in [0.25, 0.3) is 5.56 Å². The Bertz CT molecular complexity index is 1520. The van der Waals surface area contributed by atoms with Crippen molar-refractivity contribution in [2.45, 2.75) is 45.4 Å². The number of fused-ring (bicyclic) bond motifs is 2. The largest absolute Gasteiger partial charge is 0.364 e. The third-order valence-electron chi connectivity index (χ3n) is 7.03. The highest BCUT2D eigenvalue weighted by Crippen LogP contribution is 2.33. The number of hydrogen-bond donors (Lipinski definition) is 0. The second kappa shape index (κ2) is 8.95. The summed E-state index contributed by atoms with van der Waals surface area (Å²) >= 11 is 6.06. The van der Waals surface area contributed by atoms with Crippen LogP contribution in [-0.2, 0) is 13.6 Å². The average Bonchev–Trinajstić information content (AvgIpc) is 3.26. The van der Waals surface area contributed by atoms with Crippen LogP contribution in [-0.4, -0.2) is 54.4 Å². The summed E-state index contributed by atoms with van der Waals surface area (Å²) in [6.07, 6.45) is 3.33. The van der Waals surface area contributed by atoms with Crippen LogP contribution in [0.2, 0.25) is 5.15 Å². The summed E-state index contributed by atoms with van der Waals surface area (Å²) in [6, 6.07) is 10.5. The van der Waals surface area contributed by atoms with Crippen molar-refractivity contribution in [1.82, 2.24) is 29.2 Å². The monoisotopic (exact) mass is 490 g/mol. The van der Waals surface area contributed by atoms with Crippen LogP contribution < -0.4 is 10.5 Å². The lowest BCUT2D eigenvalue weighted by atomic mass is 10.00. The number of rotatable bonds is 4. The molecule has 10 heteroatoms. The Morgan fingerprint density at radius 2 is 2.00 bits per heavy atom. The predicted octanol–water partition coefficient (Wildman–Crippen LogP) is 3.52. The Kier molecular flexibility index (Phi) is 5.95. The molecule has 0 amide bonds. The minimum atomic E-state index is -0.0874. The van der Waals surface area contributed by atoms with Gasteiger partial charge in [-0.3, -0.25) is 19.4 Å². The van der Waals surface area contributed by atoms with Gasteiger partial charge in [-0.05, 0) is 38.5 Å². The molecular formula is C25H27ClN8O. The standard InChI is InChI=1S/C25H27ClN8O/c1-15-13-34(21-10-24(35)31(4)22-14-32(8-7-27)30-25(21)22)16(2)12-33(15)17(3)18-5-6-19-20(9-18)29-23(26)11-28-19/h5-6,9-11,14-17H,8,12-13H2,1-4H3/t15-,16+,17?/m1/s1. The first kappa shape index (κ1) is 23.3. The summed E-state index contributed by atoms with van der Waals surface area (Å²) < 4.78 is 3.18. The van der Waals surface area contributed by atoms with E-state index in [1.54, 1.807) is 34.8 Å². The lowest BCUT2D eigenvalue weighted by Gasteiger charge is -2.47. The number of benzene rings is 1. The van der Waals surface area contributed by atoms with Gasteiger partial charge in [0.15, 0.2) is 0 Å². The van der Waals surface area contributed by atoms with Crippen LogP contribution in [0, 0.1) is 11.3 Å². The lowest BCUT2D eigenvalue weighted by Crippen LogP contribution is -2.57. The van der Waals surface area contributed by atoms with Crippen molar-refractivity contribution in [3.05, 3.63) is 57.7 Å². The van der Waals surface area contributed by atoms with Crippen LogP contribution in [0.25, 0.3) is 22.1 Å². The quantitative estimate of drug-likeness (QED) is 0.432. The normalized spacial score (nSPS) is 19.8. The van der Waals surface area contributed by atoms with Crippen molar-refractivity contribution in [3.63, 3.8) is 0 Å². The second-order valence-electron chi connectivity index (χ2n) is 9.31. The highest BCUT2D eigenvalue weighted by atomic mass is 35.5. The van der Waals surface area contributed by atoms with Gasteiger partial charge in [-0.1, -0.05) is 17.7 Å². The van der Waals surface area contributed by atoms with Gasteiger partial charge in [0, 0.05) is 44.3 Å². The first-order valence-electron chi connectivity index (χ1n) is 11.7. The molecule has 0 saturated carbocycles. The maximum absolute atomic E-state index is 12.7. The molecule has 1 aromatic carbocycles. The number of piperazine rings is 1. The van der Waals surface area contributed by atoms with Crippen LogP contribution in [0.4, 0.5) is 5.69 Å². The van der Waals surface area contributed by atoms with Gasteiger partial charge in [-0.15, -0.1) is 0 Å². The second-order valence-corrected chi connectivity index (χ2v) is 9.70. The zero-order valence-electron chi connectivity index (χ0n) is 20.2. The van der Waals surface area contributed by atoms with E-state index >= 15 is 0 Å². The Morgan fingerprint density at radius 1 is 1.20 bits per heavy atom. The molecule has 4 aromatic rings. The number of halogens is 1. The summed E-state index contributed by atoms with van der Waals surface area (Å²) in [5.74, 6) is 0. The fourth-order valence-corrected chi connectivity index (χ4v) is 5.24. The van der Waals surface area contributed by atoms with Crippen molar-refractivity contribution in [2.24, 2.45) is 7.05 Å². The fourth-order valence-electron chi connectivity index (χ4n) is 5.10. The molecule has 180 valence electrons. The number of pyridine rings is 1. The first-order valence-corrected chi connectivity index (χ1v) is 12.0. The molecule has 1 fully saturated rings. The summed E-state index contributed by atoms with van der Waals surface area (Å²) in [5.41, 5.74) is 4.98. The van der Waals surface area contributed by atoms with Crippen molar-refractivity contribution in [2.75, 3.05) is 18.0 Å². The van der Waals surface area contributed by atoms with Gasteiger partial charge in [0.1, 0.15) is 17.2 Å². The number of aryl methyl sites for hydroxylation is 1. The third-order valence-corrected chi connectivity index (χ3v) is 7.21. The lowest BCUT2D eigenvalue weighted by molar-refractivity contribution is 0.119. The summed E-state index contributed by atoms with van der Waals surface area (Å²) in [7, 11) is 1.74. The SMILES string of the molecule is CC(c1ccc2ncc(Cl)nc2c1)N1C[C@H](C)N(c2cc(=O)n(C)c3cn(CC#N)nc23)C[C@H]1C. The number of nitriles is 1. The van der Waals surface area contributed by atoms with E-state index < -0.39 is 0 Å². The Hall–Kier alpha value is -3.48. The van der Waals surface area contributed by atoms with Crippen molar-refractivity contribution < 1.29 is 0 Å². The summed E-state index contributed by atoms with van der Waals surface area (Å²) in [4.78, 5) is 26.3. The van der Waals surface area contributed by atoms with E-state index in [0.29, 0.717) is 5.15 Å². The van der Waals surface area contributed by atoms with Gasteiger partial charge >= 0.3 is 0 Å². The Morgan fingerprint density at radius 3 is 2.77 bits per heavy atom. The fraction of sp³-hybridized carbons (Fsp3) is 0.400. The highest BCUT2D eigenvalue weighted by molar-refractivity contribution is 6.29. The van der Waals surface area contributed by atoms with Crippen LogP contribution in [0.1, 0.15) is 32.4 Å². The topological polar surface area (TPSA) is 95.9 Å². The maximum Gasteiger partial charge on any atom is 0.252 e. The van der Waals surface area contributed by atoms with E-state index in [1.807, 2.05) is 6.07 Å². The molecule has 9 nitrogen and oxygen atoms in total. The molecule has 1 aliphatic rings. The molecular weight excluding hydrogens is 464 g/mol. The van der Waals surface area contributed by atoms with Crippen molar-refractivity contribution in [1.29, 1.82) is 5.26 Å². The van der Waals surface area contributed by atoms with Gasteiger partial charge in [0.2, 0.25) is 0 Å². The minimum Gasteiger partial charge on any atom is -0.364 e. The van der Waals surface area contributed by atoms with E-state index in [2.05, 4.69) is 63.8 Å². The van der Waals surface area contributed by atoms with E-state index in [-0.39, 0.29) is 30.2 Å². The van der Waals surface area contributed by atoms with Gasteiger partial charge < -0.3 is 9.47 Å². The Balaban J connectivity index is 1.45. The molecule has 4 heterocycles. The van der Waals surface area contributed by atoms with Crippen molar-refractivity contribution in [3.8, 4) is 6.07 Å². The number of nitrogens with zero attached hydrogens (tertiary/aromatic N) is 8. The van der Waals surface area contributed by atoms with E-state index in [4.69, 9.17) is 16.9 Å². The van der Waals surface area contributed by atoms with Gasteiger partial charge in [-0.2, -0.15) is 10.4 Å². The zero-order chi connectivity index (χ0) is 24.9. The van der Waals surface area contributed by atoms with E-state index in [0.717, 1.165) is 46.4 Å². The van der Waals surface area contributed by atoms with Crippen LogP contribution >= 0.6 is 11.6 Å². The van der Waals surface area contributed by atoms with E-state index in [1.165, 1.54) is 0 Å².